The number of carbonyl (C=O) groups excluding carboxylic acids is 2. The summed E-state index contributed by atoms with van der Waals surface area (Å²) in [5.41, 5.74) is 0.647. The molecule has 2 rings (SSSR count). The molecule has 0 atom stereocenters. The first-order chi connectivity index (χ1) is 9.97. The van der Waals surface area contributed by atoms with Gasteiger partial charge < -0.3 is 10.6 Å². The molecule has 0 unspecified atom stereocenters. The Kier molecular flexibility index (Phi) is 4.64. The second-order valence-corrected chi connectivity index (χ2v) is 4.92. The van der Waals surface area contributed by atoms with Crippen LogP contribution in [0.1, 0.15) is 17.3 Å². The molecule has 0 aliphatic carbocycles. The van der Waals surface area contributed by atoms with Gasteiger partial charge in [0.1, 0.15) is 10.4 Å². The van der Waals surface area contributed by atoms with Crippen molar-refractivity contribution in [3.63, 3.8) is 0 Å². The Labute approximate surface area is 128 Å². The van der Waals surface area contributed by atoms with E-state index >= 15 is 0 Å². The fourth-order valence-electron chi connectivity index (χ4n) is 1.65. The molecule has 0 saturated heterocycles. The molecule has 0 aliphatic heterocycles. The van der Waals surface area contributed by atoms with Crippen LogP contribution in [0.15, 0.2) is 41.1 Å². The van der Waals surface area contributed by atoms with Crippen LogP contribution >= 0.6 is 15.9 Å². The van der Waals surface area contributed by atoms with Gasteiger partial charge in [0.05, 0.1) is 11.3 Å². The molecule has 0 aliphatic rings. The highest BCUT2D eigenvalue weighted by molar-refractivity contribution is 9.10. The highest BCUT2D eigenvalue weighted by Crippen LogP contribution is 2.21. The molecule has 0 fully saturated rings. The van der Waals surface area contributed by atoms with Gasteiger partial charge in [0, 0.05) is 18.8 Å². The maximum Gasteiger partial charge on any atom is 0.258 e. The van der Waals surface area contributed by atoms with Crippen LogP contribution in [-0.4, -0.2) is 16.8 Å². The lowest BCUT2D eigenvalue weighted by Gasteiger charge is -2.09. The summed E-state index contributed by atoms with van der Waals surface area (Å²) >= 11 is 3.15. The lowest BCUT2D eigenvalue weighted by Crippen LogP contribution is -2.14. The number of hydrogen-bond acceptors (Lipinski definition) is 3. The van der Waals surface area contributed by atoms with Crippen molar-refractivity contribution in [1.29, 1.82) is 0 Å². The van der Waals surface area contributed by atoms with Crippen molar-refractivity contribution in [3.8, 4) is 0 Å². The molecule has 1 aromatic carbocycles. The molecule has 1 heterocycles. The predicted molar refractivity (Wildman–Crippen MR) is 80.6 cm³/mol. The van der Waals surface area contributed by atoms with Gasteiger partial charge in [-0.3, -0.25) is 9.59 Å². The highest BCUT2D eigenvalue weighted by Gasteiger charge is 2.13. The Morgan fingerprint density at radius 1 is 1.24 bits per heavy atom. The van der Waals surface area contributed by atoms with Gasteiger partial charge in [0.2, 0.25) is 5.91 Å². The first kappa shape index (κ1) is 15.1. The van der Waals surface area contributed by atoms with Gasteiger partial charge in [0.25, 0.3) is 5.91 Å². The SMILES string of the molecule is CC(=O)Nc1ccc(F)c(NC(=O)c2cccnc2Br)c1. The van der Waals surface area contributed by atoms with Crippen LogP contribution in [0, 0.1) is 5.82 Å². The maximum absolute atomic E-state index is 13.7. The molecule has 21 heavy (non-hydrogen) atoms. The van der Waals surface area contributed by atoms with E-state index in [0.717, 1.165) is 0 Å². The molecule has 5 nitrogen and oxygen atoms in total. The van der Waals surface area contributed by atoms with Crippen molar-refractivity contribution in [3.05, 3.63) is 52.5 Å². The second kappa shape index (κ2) is 6.45. The van der Waals surface area contributed by atoms with Gasteiger partial charge in [0.15, 0.2) is 0 Å². The number of carbonyl (C=O) groups is 2. The molecule has 0 radical (unpaired) electrons. The number of amides is 2. The number of benzene rings is 1. The number of nitrogens with zero attached hydrogens (tertiary/aromatic N) is 1. The normalized spacial score (nSPS) is 10.0. The van der Waals surface area contributed by atoms with E-state index in [1.807, 2.05) is 0 Å². The second-order valence-electron chi connectivity index (χ2n) is 4.17. The minimum absolute atomic E-state index is 0.0259. The summed E-state index contributed by atoms with van der Waals surface area (Å²) in [7, 11) is 0. The fraction of sp³-hybridized carbons (Fsp3) is 0.0714. The van der Waals surface area contributed by atoms with Crippen LogP contribution in [0.2, 0.25) is 0 Å². The molecule has 2 amide bonds. The van der Waals surface area contributed by atoms with Crippen LogP contribution < -0.4 is 10.6 Å². The van der Waals surface area contributed by atoms with Crippen LogP contribution in [0.4, 0.5) is 15.8 Å². The monoisotopic (exact) mass is 351 g/mol. The van der Waals surface area contributed by atoms with Crippen molar-refractivity contribution >= 4 is 39.1 Å². The van der Waals surface area contributed by atoms with E-state index in [0.29, 0.717) is 10.3 Å². The summed E-state index contributed by atoms with van der Waals surface area (Å²) in [6.45, 7) is 1.34. The average Bonchev–Trinajstić information content (AvgIpc) is 2.42. The lowest BCUT2D eigenvalue weighted by molar-refractivity contribution is -0.114. The number of rotatable bonds is 3. The number of halogens is 2. The van der Waals surface area contributed by atoms with Gasteiger partial charge in [-0.25, -0.2) is 9.37 Å². The van der Waals surface area contributed by atoms with Crippen LogP contribution in [0.3, 0.4) is 0 Å². The number of nitrogens with one attached hydrogen (secondary N) is 2. The third kappa shape index (κ3) is 3.85. The highest BCUT2D eigenvalue weighted by atomic mass is 79.9. The van der Waals surface area contributed by atoms with Crippen molar-refractivity contribution < 1.29 is 14.0 Å². The zero-order chi connectivity index (χ0) is 15.4. The van der Waals surface area contributed by atoms with E-state index in [1.54, 1.807) is 12.1 Å². The molecule has 1 aromatic heterocycles. The van der Waals surface area contributed by atoms with Gasteiger partial charge >= 0.3 is 0 Å². The largest absolute Gasteiger partial charge is 0.326 e. The number of pyridine rings is 1. The first-order valence-corrected chi connectivity index (χ1v) is 6.75. The minimum atomic E-state index is -0.600. The van der Waals surface area contributed by atoms with Crippen molar-refractivity contribution in [2.45, 2.75) is 6.92 Å². The number of aromatic nitrogens is 1. The Hall–Kier alpha value is -2.28. The standard InChI is InChI=1S/C14H11BrFN3O2/c1-8(20)18-9-4-5-11(16)12(7-9)19-14(21)10-3-2-6-17-13(10)15/h2-7H,1H3,(H,18,20)(H,19,21). The van der Waals surface area contributed by atoms with Crippen molar-refractivity contribution in [2.75, 3.05) is 10.6 Å². The predicted octanol–water partition coefficient (Wildman–Crippen LogP) is 3.19. The van der Waals surface area contributed by atoms with Crippen LogP contribution in [-0.2, 0) is 4.79 Å². The number of hydrogen-bond donors (Lipinski definition) is 2. The van der Waals surface area contributed by atoms with Gasteiger partial charge in [-0.05, 0) is 46.3 Å². The molecular formula is C14H11BrFN3O2. The third-order valence-electron chi connectivity index (χ3n) is 2.54. The molecule has 7 heteroatoms. The smallest absolute Gasteiger partial charge is 0.258 e. The number of anilines is 2. The summed E-state index contributed by atoms with van der Waals surface area (Å²) in [4.78, 5) is 27.0. The molecule has 0 bridgehead atoms. The lowest BCUT2D eigenvalue weighted by atomic mass is 10.2. The zero-order valence-electron chi connectivity index (χ0n) is 11.0. The molecule has 108 valence electrons. The van der Waals surface area contributed by atoms with Gasteiger partial charge in [-0.2, -0.15) is 0 Å². The Balaban J connectivity index is 2.24. The Morgan fingerprint density at radius 3 is 2.67 bits per heavy atom. The summed E-state index contributed by atoms with van der Waals surface area (Å²) < 4.78 is 14.1. The maximum atomic E-state index is 13.7. The fourth-order valence-corrected chi connectivity index (χ4v) is 2.08. The molecule has 0 spiro atoms. The van der Waals surface area contributed by atoms with E-state index in [4.69, 9.17) is 0 Å². The molecule has 2 N–H and O–H groups in total. The summed E-state index contributed by atoms with van der Waals surface area (Å²) in [6.07, 6.45) is 1.53. The zero-order valence-corrected chi connectivity index (χ0v) is 12.6. The summed E-state index contributed by atoms with van der Waals surface area (Å²) in [5.74, 6) is -1.39. The van der Waals surface area contributed by atoms with Crippen LogP contribution in [0.25, 0.3) is 0 Å². The quantitative estimate of drug-likeness (QED) is 0.834. The van der Waals surface area contributed by atoms with Crippen molar-refractivity contribution in [1.82, 2.24) is 4.98 Å². The minimum Gasteiger partial charge on any atom is -0.326 e. The van der Waals surface area contributed by atoms with E-state index in [1.165, 1.54) is 31.3 Å². The van der Waals surface area contributed by atoms with E-state index < -0.39 is 11.7 Å². The molecular weight excluding hydrogens is 341 g/mol. The first-order valence-electron chi connectivity index (χ1n) is 5.96. The molecule has 0 saturated carbocycles. The average molecular weight is 352 g/mol. The van der Waals surface area contributed by atoms with E-state index in [-0.39, 0.29) is 17.2 Å². The Morgan fingerprint density at radius 2 is 2.00 bits per heavy atom. The van der Waals surface area contributed by atoms with E-state index in [2.05, 4.69) is 31.5 Å². The van der Waals surface area contributed by atoms with Gasteiger partial charge in [-0.1, -0.05) is 0 Å². The summed E-state index contributed by atoms with van der Waals surface area (Å²) in [5, 5.41) is 4.96. The summed E-state index contributed by atoms with van der Waals surface area (Å²) in [6, 6.07) is 7.08. The third-order valence-corrected chi connectivity index (χ3v) is 3.17. The van der Waals surface area contributed by atoms with Crippen LogP contribution in [0.5, 0.6) is 0 Å². The van der Waals surface area contributed by atoms with E-state index in [9.17, 15) is 14.0 Å². The Bertz CT molecular complexity index is 706. The topological polar surface area (TPSA) is 71.1 Å². The van der Waals surface area contributed by atoms with Crippen molar-refractivity contribution in [2.24, 2.45) is 0 Å². The molecule has 2 aromatic rings. The van der Waals surface area contributed by atoms with Gasteiger partial charge in [-0.15, -0.1) is 0 Å².